The normalized spacial score (nSPS) is 10.5. The highest BCUT2D eigenvalue weighted by Gasteiger charge is 2.08. The highest BCUT2D eigenvalue weighted by Crippen LogP contribution is 2.23. The van der Waals surface area contributed by atoms with E-state index in [0.29, 0.717) is 60.1 Å². The van der Waals surface area contributed by atoms with Crippen molar-refractivity contribution in [3.8, 4) is 11.8 Å². The summed E-state index contributed by atoms with van der Waals surface area (Å²) in [5, 5.41) is 24.2. The third kappa shape index (κ3) is 10.2. The third-order valence-electron chi connectivity index (χ3n) is 6.48. The number of nitro benzene ring substituents is 2. The zero-order valence-electron chi connectivity index (χ0n) is 25.9. The zero-order chi connectivity index (χ0) is 34.5. The van der Waals surface area contributed by atoms with E-state index in [4.69, 9.17) is 36.3 Å². The molecule has 2 N–H and O–H groups in total. The van der Waals surface area contributed by atoms with Crippen LogP contribution in [-0.2, 0) is 9.47 Å². The molecule has 0 fully saturated rings. The summed E-state index contributed by atoms with van der Waals surface area (Å²) in [5.74, 6) is 1.02. The predicted octanol–water partition coefficient (Wildman–Crippen LogP) is 6.81. The fourth-order valence-electron chi connectivity index (χ4n) is 4.13. The summed E-state index contributed by atoms with van der Waals surface area (Å²) >= 11 is 5.67. The number of rotatable bonds is 10. The first-order valence-corrected chi connectivity index (χ1v) is 14.7. The molecule has 3 aromatic heterocycles. The lowest BCUT2D eigenvalue weighted by Crippen LogP contribution is -2.05. The summed E-state index contributed by atoms with van der Waals surface area (Å²) < 4.78 is 20.5. The second-order valence-corrected chi connectivity index (χ2v) is 10.2. The molecule has 0 saturated heterocycles. The standard InChI is InChI=1S/C12H12N2O4.C12H14N2O2.C9H5ClN2O2/c1-17-6-7-18-12-5-3-9-2-4-10(14(15)16)8-11(9)13-12;1-15-6-7-16-12-5-3-9-2-4-10(13)8-11(9)14-12;10-9-4-2-6-1-3-7(12(13)14)5-8(6)11-9/h2-5,8H,6-7H2,1H3;2-5,8H,6-7,13H2,1H3;1-5H. The maximum absolute atomic E-state index is 10.7. The van der Waals surface area contributed by atoms with Crippen LogP contribution in [0.4, 0.5) is 17.1 Å². The Kier molecular flexibility index (Phi) is 12.7. The summed E-state index contributed by atoms with van der Waals surface area (Å²) in [4.78, 5) is 32.8. The number of anilines is 1. The average Bonchev–Trinajstić information content (AvgIpc) is 3.08. The molecule has 0 bridgehead atoms. The average molecular weight is 675 g/mol. The number of nitrogen functional groups attached to an aromatic ring is 1. The van der Waals surface area contributed by atoms with Gasteiger partial charge in [0.2, 0.25) is 11.8 Å². The van der Waals surface area contributed by atoms with E-state index in [1.807, 2.05) is 36.4 Å². The van der Waals surface area contributed by atoms with E-state index in [1.54, 1.807) is 44.6 Å². The summed E-state index contributed by atoms with van der Waals surface area (Å²) in [6, 6.07) is 25.4. The zero-order valence-corrected chi connectivity index (χ0v) is 26.7. The molecule has 3 heterocycles. The summed E-state index contributed by atoms with van der Waals surface area (Å²) in [7, 11) is 3.22. The molecule has 0 unspecified atom stereocenters. The highest BCUT2D eigenvalue weighted by molar-refractivity contribution is 6.29. The number of fused-ring (bicyclic) bond motifs is 3. The van der Waals surface area contributed by atoms with Crippen LogP contribution in [0.3, 0.4) is 0 Å². The van der Waals surface area contributed by atoms with Gasteiger partial charge in [0.25, 0.3) is 11.4 Å². The fourth-order valence-corrected chi connectivity index (χ4v) is 4.28. The Hall–Kier alpha value is -5.70. The number of hydrogen-bond acceptors (Lipinski definition) is 12. The topological polar surface area (TPSA) is 188 Å². The van der Waals surface area contributed by atoms with Crippen molar-refractivity contribution < 1.29 is 28.8 Å². The lowest BCUT2D eigenvalue weighted by molar-refractivity contribution is -0.384. The maximum Gasteiger partial charge on any atom is 0.271 e. The van der Waals surface area contributed by atoms with Crippen molar-refractivity contribution in [3.63, 3.8) is 0 Å². The third-order valence-corrected chi connectivity index (χ3v) is 6.69. The van der Waals surface area contributed by atoms with Gasteiger partial charge >= 0.3 is 0 Å². The molecule has 48 heavy (non-hydrogen) atoms. The Morgan fingerprint density at radius 2 is 1.02 bits per heavy atom. The monoisotopic (exact) mass is 674 g/mol. The van der Waals surface area contributed by atoms with Crippen molar-refractivity contribution in [1.82, 2.24) is 15.0 Å². The lowest BCUT2D eigenvalue weighted by atomic mass is 10.2. The van der Waals surface area contributed by atoms with Gasteiger partial charge in [-0.15, -0.1) is 0 Å². The van der Waals surface area contributed by atoms with Crippen molar-refractivity contribution in [2.45, 2.75) is 0 Å². The van der Waals surface area contributed by atoms with E-state index in [9.17, 15) is 20.2 Å². The van der Waals surface area contributed by atoms with E-state index in [-0.39, 0.29) is 11.4 Å². The molecule has 15 heteroatoms. The van der Waals surface area contributed by atoms with Crippen LogP contribution in [0.15, 0.2) is 91.0 Å². The Balaban J connectivity index is 0.000000164. The van der Waals surface area contributed by atoms with E-state index in [1.165, 1.54) is 24.3 Å². The summed E-state index contributed by atoms with van der Waals surface area (Å²) in [6.45, 7) is 1.91. The number of aromatic nitrogens is 3. The largest absolute Gasteiger partial charge is 0.475 e. The molecule has 0 amide bonds. The van der Waals surface area contributed by atoms with Gasteiger partial charge in [-0.2, -0.15) is 0 Å². The number of pyridine rings is 3. The minimum absolute atomic E-state index is 0.0176. The van der Waals surface area contributed by atoms with E-state index >= 15 is 0 Å². The molecule has 248 valence electrons. The number of nitro groups is 2. The quantitative estimate of drug-likeness (QED) is 0.0526. The van der Waals surface area contributed by atoms with Gasteiger partial charge in [0.05, 0.1) is 39.6 Å². The van der Waals surface area contributed by atoms with E-state index < -0.39 is 9.85 Å². The van der Waals surface area contributed by atoms with Gasteiger partial charge in [-0.05, 0) is 48.5 Å². The smallest absolute Gasteiger partial charge is 0.271 e. The minimum Gasteiger partial charge on any atom is -0.475 e. The predicted molar refractivity (Wildman–Crippen MR) is 183 cm³/mol. The molecule has 0 radical (unpaired) electrons. The van der Waals surface area contributed by atoms with Crippen LogP contribution in [0.1, 0.15) is 0 Å². The van der Waals surface area contributed by atoms with Gasteiger partial charge in [0.15, 0.2) is 0 Å². The van der Waals surface area contributed by atoms with Gasteiger partial charge in [0, 0.05) is 72.5 Å². The molecule has 0 spiro atoms. The Labute approximate surface area is 279 Å². The molecular formula is C33H31ClN6O8. The number of nitrogens with zero attached hydrogens (tertiary/aromatic N) is 5. The number of hydrogen-bond donors (Lipinski definition) is 1. The van der Waals surface area contributed by atoms with E-state index in [2.05, 4.69) is 15.0 Å². The van der Waals surface area contributed by atoms with Crippen molar-refractivity contribution in [3.05, 3.63) is 116 Å². The molecular weight excluding hydrogens is 644 g/mol. The Morgan fingerprint density at radius 3 is 1.50 bits per heavy atom. The van der Waals surface area contributed by atoms with Crippen LogP contribution in [0, 0.1) is 20.2 Å². The van der Waals surface area contributed by atoms with Gasteiger partial charge in [-0.3, -0.25) is 20.2 Å². The van der Waals surface area contributed by atoms with Crippen LogP contribution < -0.4 is 15.2 Å². The molecule has 6 aromatic rings. The van der Waals surface area contributed by atoms with Crippen molar-refractivity contribution >= 4 is 61.4 Å². The number of halogens is 1. The number of methoxy groups -OCH3 is 2. The lowest BCUT2D eigenvalue weighted by Gasteiger charge is -2.05. The van der Waals surface area contributed by atoms with Gasteiger partial charge < -0.3 is 24.7 Å². The number of non-ortho nitro benzene ring substituents is 2. The maximum atomic E-state index is 10.7. The fraction of sp³-hybridized carbons (Fsp3) is 0.182. The van der Waals surface area contributed by atoms with Crippen LogP contribution in [0.5, 0.6) is 11.8 Å². The van der Waals surface area contributed by atoms with Crippen molar-refractivity contribution in [2.75, 3.05) is 46.4 Å². The van der Waals surface area contributed by atoms with Crippen LogP contribution in [-0.4, -0.2) is 65.4 Å². The SMILES string of the molecule is COCCOc1ccc2ccc(N)cc2n1.COCCOc1ccc2ccc([N+](=O)[O-])cc2n1.O=[N+]([O-])c1ccc2ccc(Cl)nc2c1. The van der Waals surface area contributed by atoms with Gasteiger partial charge in [-0.25, -0.2) is 15.0 Å². The van der Waals surface area contributed by atoms with Gasteiger partial charge in [-0.1, -0.05) is 17.7 Å². The second kappa shape index (κ2) is 17.3. The Morgan fingerprint density at radius 1 is 0.604 bits per heavy atom. The molecule has 14 nitrogen and oxygen atoms in total. The van der Waals surface area contributed by atoms with Crippen LogP contribution >= 0.6 is 11.6 Å². The molecule has 0 saturated carbocycles. The number of ether oxygens (including phenoxy) is 4. The first-order chi connectivity index (χ1) is 23.2. The summed E-state index contributed by atoms with van der Waals surface area (Å²) in [6.07, 6.45) is 0. The molecule has 0 aliphatic rings. The van der Waals surface area contributed by atoms with Crippen LogP contribution in [0.2, 0.25) is 5.15 Å². The van der Waals surface area contributed by atoms with Gasteiger partial charge in [0.1, 0.15) is 18.4 Å². The number of benzene rings is 3. The molecule has 0 atom stereocenters. The van der Waals surface area contributed by atoms with Crippen LogP contribution in [0.25, 0.3) is 32.7 Å². The number of nitrogens with two attached hydrogens (primary N) is 1. The highest BCUT2D eigenvalue weighted by atomic mass is 35.5. The summed E-state index contributed by atoms with van der Waals surface area (Å²) in [5.41, 5.74) is 8.35. The molecule has 0 aliphatic heterocycles. The van der Waals surface area contributed by atoms with E-state index in [0.717, 1.165) is 21.7 Å². The van der Waals surface area contributed by atoms with Crippen molar-refractivity contribution in [2.24, 2.45) is 0 Å². The first-order valence-electron chi connectivity index (χ1n) is 14.3. The first kappa shape index (κ1) is 35.2. The minimum atomic E-state index is -0.456. The van der Waals surface area contributed by atoms with Crippen molar-refractivity contribution in [1.29, 1.82) is 0 Å². The second-order valence-electron chi connectivity index (χ2n) is 9.84. The molecule has 6 rings (SSSR count). The molecule has 3 aromatic carbocycles. The Bertz CT molecular complexity index is 2030. The molecule has 0 aliphatic carbocycles.